The van der Waals surface area contributed by atoms with Crippen LogP contribution in [0.15, 0.2) is 54.9 Å². The van der Waals surface area contributed by atoms with Crippen LogP contribution < -0.4 is 11.1 Å². The second-order valence-corrected chi connectivity index (χ2v) is 11.5. The van der Waals surface area contributed by atoms with Crippen LogP contribution in [0.4, 0.5) is 16.0 Å². The standard InChI is InChI=1S/C27H24FN7O3S/c1-16(33-26-20(14-29)25(30)31-15-32-26)24-22(17-5-3-2-4-6-17)23(19-13-18(28)7-8-21(19)34-24)27(36)35-9-11-39(37,38)12-10-35/h2-8,13,15-16H,9-12H2,1H3,(H3,30,31,32,33). The topological polar surface area (TPSA) is 155 Å². The monoisotopic (exact) mass is 545 g/mol. The van der Waals surface area contributed by atoms with Gasteiger partial charge in [0, 0.05) is 24.0 Å². The van der Waals surface area contributed by atoms with Crippen LogP contribution in [0.5, 0.6) is 0 Å². The van der Waals surface area contributed by atoms with E-state index in [4.69, 9.17) is 10.7 Å². The van der Waals surface area contributed by atoms with E-state index in [2.05, 4.69) is 15.3 Å². The van der Waals surface area contributed by atoms with Gasteiger partial charge < -0.3 is 16.0 Å². The number of nitrogens with zero attached hydrogens (tertiary/aromatic N) is 5. The summed E-state index contributed by atoms with van der Waals surface area (Å²) >= 11 is 0. The number of fused-ring (bicyclic) bond motifs is 1. The molecule has 2 aromatic carbocycles. The molecule has 0 spiro atoms. The molecule has 1 amide bonds. The fourth-order valence-corrected chi connectivity index (χ4v) is 5.85. The number of sulfone groups is 1. The zero-order chi connectivity index (χ0) is 27.7. The average Bonchev–Trinajstić information content (AvgIpc) is 2.92. The Morgan fingerprint density at radius 1 is 1.15 bits per heavy atom. The number of nitrogen functional groups attached to an aromatic ring is 1. The van der Waals surface area contributed by atoms with Gasteiger partial charge in [0.25, 0.3) is 5.91 Å². The van der Waals surface area contributed by atoms with E-state index in [9.17, 15) is 22.9 Å². The summed E-state index contributed by atoms with van der Waals surface area (Å²) in [5, 5.41) is 13.1. The number of nitrogens with two attached hydrogens (primary N) is 1. The second-order valence-electron chi connectivity index (χ2n) is 9.18. The predicted molar refractivity (Wildman–Crippen MR) is 145 cm³/mol. The first kappa shape index (κ1) is 26.0. The Bertz CT molecular complexity index is 1730. The van der Waals surface area contributed by atoms with Crippen molar-refractivity contribution in [3.05, 3.63) is 77.5 Å². The van der Waals surface area contributed by atoms with Crippen molar-refractivity contribution in [2.75, 3.05) is 35.6 Å². The highest BCUT2D eigenvalue weighted by atomic mass is 32.2. The van der Waals surface area contributed by atoms with E-state index < -0.39 is 27.6 Å². The van der Waals surface area contributed by atoms with Crippen LogP contribution in [0.3, 0.4) is 0 Å². The summed E-state index contributed by atoms with van der Waals surface area (Å²) in [6.45, 7) is 1.86. The molecule has 3 N–H and O–H groups in total. The van der Waals surface area contributed by atoms with E-state index in [1.54, 1.807) is 6.92 Å². The van der Waals surface area contributed by atoms with Gasteiger partial charge in [-0.15, -0.1) is 0 Å². The van der Waals surface area contributed by atoms with E-state index in [-0.39, 0.29) is 47.4 Å². The van der Waals surface area contributed by atoms with Gasteiger partial charge in [0.05, 0.1) is 34.3 Å². The van der Waals surface area contributed by atoms with Gasteiger partial charge in [-0.05, 0) is 30.7 Å². The molecule has 10 nitrogen and oxygen atoms in total. The van der Waals surface area contributed by atoms with Gasteiger partial charge in [0.2, 0.25) is 0 Å². The highest BCUT2D eigenvalue weighted by Gasteiger charge is 2.31. The molecule has 39 heavy (non-hydrogen) atoms. The van der Waals surface area contributed by atoms with Crippen molar-refractivity contribution in [2.24, 2.45) is 0 Å². The molecule has 0 saturated carbocycles. The van der Waals surface area contributed by atoms with Crippen molar-refractivity contribution in [1.29, 1.82) is 5.26 Å². The highest BCUT2D eigenvalue weighted by molar-refractivity contribution is 7.91. The minimum Gasteiger partial charge on any atom is -0.382 e. The zero-order valence-electron chi connectivity index (χ0n) is 20.9. The summed E-state index contributed by atoms with van der Waals surface area (Å²) < 4.78 is 38.6. The third-order valence-corrected chi connectivity index (χ3v) is 8.24. The highest BCUT2D eigenvalue weighted by Crippen LogP contribution is 2.37. The van der Waals surface area contributed by atoms with Gasteiger partial charge in [0.15, 0.2) is 9.84 Å². The number of carbonyl (C=O) groups is 1. The number of nitriles is 1. The first-order chi connectivity index (χ1) is 18.7. The summed E-state index contributed by atoms with van der Waals surface area (Å²) in [4.78, 5) is 28.4. The lowest BCUT2D eigenvalue weighted by atomic mass is 9.91. The molecule has 0 bridgehead atoms. The van der Waals surface area contributed by atoms with E-state index in [0.29, 0.717) is 27.7 Å². The molecule has 1 unspecified atom stereocenters. The number of hydrogen-bond acceptors (Lipinski definition) is 9. The average molecular weight is 546 g/mol. The van der Waals surface area contributed by atoms with E-state index >= 15 is 0 Å². The van der Waals surface area contributed by atoms with Crippen LogP contribution >= 0.6 is 0 Å². The van der Waals surface area contributed by atoms with Crippen molar-refractivity contribution in [3.8, 4) is 17.2 Å². The lowest BCUT2D eigenvalue weighted by Gasteiger charge is -2.29. The van der Waals surface area contributed by atoms with Crippen molar-refractivity contribution < 1.29 is 17.6 Å². The third-order valence-electron chi connectivity index (χ3n) is 6.63. The molecular weight excluding hydrogens is 521 g/mol. The van der Waals surface area contributed by atoms with Crippen LogP contribution in [-0.2, 0) is 9.84 Å². The Hall–Kier alpha value is -4.63. The number of carbonyl (C=O) groups excluding carboxylic acids is 1. The van der Waals surface area contributed by atoms with E-state index in [1.807, 2.05) is 36.4 Å². The lowest BCUT2D eigenvalue weighted by Crippen LogP contribution is -2.44. The van der Waals surface area contributed by atoms with Crippen LogP contribution in [0.2, 0.25) is 0 Å². The van der Waals surface area contributed by atoms with Crippen molar-refractivity contribution in [3.63, 3.8) is 0 Å². The Morgan fingerprint density at radius 2 is 1.87 bits per heavy atom. The molecule has 198 valence electrons. The zero-order valence-corrected chi connectivity index (χ0v) is 21.7. The molecule has 1 aliphatic rings. The van der Waals surface area contributed by atoms with Crippen molar-refractivity contribution >= 4 is 38.3 Å². The fourth-order valence-electron chi connectivity index (χ4n) is 4.65. The summed E-state index contributed by atoms with van der Waals surface area (Å²) in [6, 6.07) is 14.5. The first-order valence-electron chi connectivity index (χ1n) is 12.1. The normalized spacial score (nSPS) is 15.5. The maximum Gasteiger partial charge on any atom is 0.255 e. The number of hydrogen-bond donors (Lipinski definition) is 2. The largest absolute Gasteiger partial charge is 0.382 e. The summed E-state index contributed by atoms with van der Waals surface area (Å²) in [6.07, 6.45) is 1.24. The Labute approximate surface area is 224 Å². The Morgan fingerprint density at radius 3 is 2.56 bits per heavy atom. The minimum absolute atomic E-state index is 0.0170. The quantitative estimate of drug-likeness (QED) is 0.384. The van der Waals surface area contributed by atoms with E-state index in [1.165, 1.54) is 29.4 Å². The SMILES string of the molecule is CC(Nc1ncnc(N)c1C#N)c1nc2ccc(F)cc2c(C(=O)N2CCS(=O)(=O)CC2)c1-c1ccccc1. The Balaban J connectivity index is 1.74. The number of benzene rings is 2. The molecule has 1 saturated heterocycles. The maximum absolute atomic E-state index is 14.5. The molecule has 4 aromatic rings. The molecule has 1 aliphatic heterocycles. The van der Waals surface area contributed by atoms with Crippen LogP contribution in [0.25, 0.3) is 22.0 Å². The molecule has 5 rings (SSSR count). The number of amides is 1. The van der Waals surface area contributed by atoms with Gasteiger partial charge in [-0.1, -0.05) is 30.3 Å². The molecule has 12 heteroatoms. The number of anilines is 2. The molecular formula is C27H24FN7O3S. The van der Waals surface area contributed by atoms with Gasteiger partial charge in [0.1, 0.15) is 35.4 Å². The molecule has 2 aromatic heterocycles. The number of nitrogens with one attached hydrogen (secondary N) is 1. The van der Waals surface area contributed by atoms with Crippen LogP contribution in [0.1, 0.15) is 34.6 Å². The van der Waals surface area contributed by atoms with Gasteiger partial charge in [-0.25, -0.2) is 27.8 Å². The number of halogens is 1. The van der Waals surface area contributed by atoms with Crippen LogP contribution in [0, 0.1) is 17.1 Å². The van der Waals surface area contributed by atoms with E-state index in [0.717, 1.165) is 0 Å². The molecule has 0 aliphatic carbocycles. The predicted octanol–water partition coefficient (Wildman–Crippen LogP) is 3.33. The molecule has 3 heterocycles. The first-order valence-corrected chi connectivity index (χ1v) is 14.0. The van der Waals surface area contributed by atoms with Crippen molar-refractivity contribution in [2.45, 2.75) is 13.0 Å². The summed E-state index contributed by atoms with van der Waals surface area (Å²) in [5.41, 5.74) is 8.12. The Kier molecular flexibility index (Phi) is 6.84. The smallest absolute Gasteiger partial charge is 0.255 e. The third kappa shape index (κ3) is 5.08. The van der Waals surface area contributed by atoms with Crippen molar-refractivity contribution in [1.82, 2.24) is 19.9 Å². The number of aromatic nitrogens is 3. The summed E-state index contributed by atoms with van der Waals surface area (Å²) in [5.74, 6) is -1.02. The summed E-state index contributed by atoms with van der Waals surface area (Å²) in [7, 11) is -3.23. The lowest BCUT2D eigenvalue weighted by molar-refractivity contribution is 0.0773. The molecule has 1 fully saturated rings. The molecule has 0 radical (unpaired) electrons. The number of pyridine rings is 1. The minimum atomic E-state index is -3.23. The maximum atomic E-state index is 14.5. The van der Waals surface area contributed by atoms with Crippen LogP contribution in [-0.4, -0.2) is 58.8 Å². The van der Waals surface area contributed by atoms with Gasteiger partial charge in [-0.2, -0.15) is 5.26 Å². The van der Waals surface area contributed by atoms with Gasteiger partial charge in [-0.3, -0.25) is 4.79 Å². The molecule has 1 atom stereocenters. The number of rotatable bonds is 5. The van der Waals surface area contributed by atoms with Gasteiger partial charge >= 0.3 is 0 Å². The second kappa shape index (κ2) is 10.3. The fraction of sp³-hybridized carbons (Fsp3) is 0.222.